The number of benzene rings is 1. The van der Waals surface area contributed by atoms with Crippen LogP contribution >= 0.6 is 0 Å². The SMILES string of the molecule is C=CCCOC(C)C(=O)NC1CNCCC1c1ccc(F)c(F)c1. The van der Waals surface area contributed by atoms with Crippen molar-refractivity contribution in [3.05, 3.63) is 48.1 Å². The molecule has 1 aliphatic rings. The van der Waals surface area contributed by atoms with Crippen LogP contribution in [-0.2, 0) is 9.53 Å². The molecular weight excluding hydrogens is 314 g/mol. The number of halogens is 2. The fourth-order valence-corrected chi connectivity index (χ4v) is 2.86. The Bertz CT molecular complexity index is 580. The molecule has 132 valence electrons. The highest BCUT2D eigenvalue weighted by Gasteiger charge is 2.29. The molecule has 1 amide bonds. The minimum Gasteiger partial charge on any atom is -0.368 e. The zero-order valence-electron chi connectivity index (χ0n) is 13.9. The molecule has 1 heterocycles. The number of amides is 1. The van der Waals surface area contributed by atoms with Crippen molar-refractivity contribution in [2.75, 3.05) is 19.7 Å². The van der Waals surface area contributed by atoms with Crippen molar-refractivity contribution in [2.45, 2.75) is 37.8 Å². The lowest BCUT2D eigenvalue weighted by Crippen LogP contribution is -2.52. The highest BCUT2D eigenvalue weighted by atomic mass is 19.2. The van der Waals surface area contributed by atoms with Gasteiger partial charge in [-0.1, -0.05) is 12.1 Å². The van der Waals surface area contributed by atoms with Gasteiger partial charge in [-0.2, -0.15) is 0 Å². The minimum atomic E-state index is -0.864. The van der Waals surface area contributed by atoms with Crippen LogP contribution < -0.4 is 10.6 Å². The highest BCUT2D eigenvalue weighted by molar-refractivity contribution is 5.80. The third kappa shape index (κ3) is 4.85. The summed E-state index contributed by atoms with van der Waals surface area (Å²) in [5.41, 5.74) is 0.695. The van der Waals surface area contributed by atoms with Gasteiger partial charge in [0.15, 0.2) is 11.6 Å². The number of nitrogens with one attached hydrogen (secondary N) is 2. The Balaban J connectivity index is 2.02. The summed E-state index contributed by atoms with van der Waals surface area (Å²) in [6.45, 7) is 7.08. The van der Waals surface area contributed by atoms with Crippen LogP contribution in [0.2, 0.25) is 0 Å². The van der Waals surface area contributed by atoms with Crippen LogP contribution in [0.5, 0.6) is 0 Å². The van der Waals surface area contributed by atoms with Gasteiger partial charge in [0.05, 0.1) is 6.61 Å². The Labute approximate surface area is 141 Å². The van der Waals surface area contributed by atoms with E-state index < -0.39 is 17.7 Å². The third-order valence-electron chi connectivity index (χ3n) is 4.24. The Morgan fingerprint density at radius 3 is 3.00 bits per heavy atom. The van der Waals surface area contributed by atoms with Crippen molar-refractivity contribution >= 4 is 5.91 Å². The monoisotopic (exact) mass is 338 g/mol. The first kappa shape index (κ1) is 18.5. The summed E-state index contributed by atoms with van der Waals surface area (Å²) in [6.07, 6.45) is 2.58. The van der Waals surface area contributed by atoms with Crippen LogP contribution in [0, 0.1) is 11.6 Å². The molecule has 4 nitrogen and oxygen atoms in total. The van der Waals surface area contributed by atoms with Gasteiger partial charge >= 0.3 is 0 Å². The Hall–Kier alpha value is -1.79. The number of hydrogen-bond donors (Lipinski definition) is 2. The number of carbonyl (C=O) groups excluding carboxylic acids is 1. The van der Waals surface area contributed by atoms with Crippen molar-refractivity contribution in [3.63, 3.8) is 0 Å². The van der Waals surface area contributed by atoms with E-state index in [9.17, 15) is 13.6 Å². The van der Waals surface area contributed by atoms with E-state index in [1.807, 2.05) is 0 Å². The van der Waals surface area contributed by atoms with Gasteiger partial charge in [-0.15, -0.1) is 6.58 Å². The third-order valence-corrected chi connectivity index (χ3v) is 4.24. The van der Waals surface area contributed by atoms with Crippen molar-refractivity contribution in [2.24, 2.45) is 0 Å². The lowest BCUT2D eigenvalue weighted by Gasteiger charge is -2.34. The van der Waals surface area contributed by atoms with Crippen molar-refractivity contribution in [1.29, 1.82) is 0 Å². The normalized spacial score (nSPS) is 22.0. The molecule has 1 aliphatic heterocycles. The van der Waals surface area contributed by atoms with Crippen LogP contribution in [0.25, 0.3) is 0 Å². The predicted molar refractivity (Wildman–Crippen MR) is 88.7 cm³/mol. The first-order chi connectivity index (χ1) is 11.5. The smallest absolute Gasteiger partial charge is 0.249 e. The summed E-state index contributed by atoms with van der Waals surface area (Å²) in [5.74, 6) is -2.00. The van der Waals surface area contributed by atoms with Gasteiger partial charge in [0.2, 0.25) is 5.91 Å². The molecule has 0 bridgehead atoms. The van der Waals surface area contributed by atoms with E-state index in [1.54, 1.807) is 19.1 Å². The second kappa shape index (κ2) is 8.89. The summed E-state index contributed by atoms with van der Waals surface area (Å²) in [6, 6.07) is 3.74. The first-order valence-corrected chi connectivity index (χ1v) is 8.21. The summed E-state index contributed by atoms with van der Waals surface area (Å²) >= 11 is 0. The van der Waals surface area contributed by atoms with Gasteiger partial charge in [0.1, 0.15) is 6.10 Å². The Morgan fingerprint density at radius 1 is 1.50 bits per heavy atom. The average molecular weight is 338 g/mol. The summed E-state index contributed by atoms with van der Waals surface area (Å²) < 4.78 is 32.1. The summed E-state index contributed by atoms with van der Waals surface area (Å²) in [4.78, 5) is 12.3. The fraction of sp³-hybridized carbons (Fsp3) is 0.500. The molecule has 1 saturated heterocycles. The van der Waals surface area contributed by atoms with Crippen LogP contribution in [0.4, 0.5) is 8.78 Å². The van der Waals surface area contributed by atoms with Crippen molar-refractivity contribution < 1.29 is 18.3 Å². The standard InChI is InChI=1S/C18H24F2N2O2/c1-3-4-9-24-12(2)18(23)22-17-11-21-8-7-14(17)13-5-6-15(19)16(20)10-13/h3,5-6,10,12,14,17,21H,1,4,7-9,11H2,2H3,(H,22,23). The molecule has 1 fully saturated rings. The van der Waals surface area contributed by atoms with Gasteiger partial charge < -0.3 is 15.4 Å². The number of piperidine rings is 1. The van der Waals surface area contributed by atoms with Crippen LogP contribution in [0.1, 0.15) is 31.2 Å². The molecule has 6 heteroatoms. The maximum atomic E-state index is 13.5. The van der Waals surface area contributed by atoms with Gasteiger partial charge in [-0.3, -0.25) is 4.79 Å². The molecule has 0 aliphatic carbocycles. The summed E-state index contributed by atoms with van der Waals surface area (Å²) in [5, 5.41) is 6.18. The van der Waals surface area contributed by atoms with E-state index in [4.69, 9.17) is 4.74 Å². The average Bonchev–Trinajstić information content (AvgIpc) is 2.58. The minimum absolute atomic E-state index is 0.0642. The van der Waals surface area contributed by atoms with Crippen molar-refractivity contribution in [3.8, 4) is 0 Å². The largest absolute Gasteiger partial charge is 0.368 e. The highest BCUT2D eigenvalue weighted by Crippen LogP contribution is 2.27. The van der Waals surface area contributed by atoms with Crippen LogP contribution in [0.15, 0.2) is 30.9 Å². The quantitative estimate of drug-likeness (QED) is 0.593. The molecule has 2 rings (SSSR count). The Morgan fingerprint density at radius 2 is 2.29 bits per heavy atom. The first-order valence-electron chi connectivity index (χ1n) is 8.21. The van der Waals surface area contributed by atoms with Gasteiger partial charge in [-0.25, -0.2) is 8.78 Å². The van der Waals surface area contributed by atoms with E-state index >= 15 is 0 Å². The molecule has 0 saturated carbocycles. The molecular formula is C18H24F2N2O2. The summed E-state index contributed by atoms with van der Waals surface area (Å²) in [7, 11) is 0. The zero-order valence-corrected chi connectivity index (χ0v) is 13.9. The molecule has 0 aromatic heterocycles. The molecule has 0 spiro atoms. The number of carbonyl (C=O) groups is 1. The van der Waals surface area contributed by atoms with E-state index in [2.05, 4.69) is 17.2 Å². The number of ether oxygens (including phenoxy) is 1. The maximum absolute atomic E-state index is 13.5. The molecule has 1 aromatic carbocycles. The molecule has 2 N–H and O–H groups in total. The molecule has 0 radical (unpaired) electrons. The Kier molecular flexibility index (Phi) is 6.87. The van der Waals surface area contributed by atoms with Crippen LogP contribution in [-0.4, -0.2) is 37.7 Å². The molecule has 3 unspecified atom stereocenters. The lowest BCUT2D eigenvalue weighted by molar-refractivity contribution is -0.132. The van der Waals surface area contributed by atoms with Gasteiger partial charge in [0.25, 0.3) is 0 Å². The molecule has 3 atom stereocenters. The van der Waals surface area contributed by atoms with Crippen molar-refractivity contribution in [1.82, 2.24) is 10.6 Å². The van der Waals surface area contributed by atoms with E-state index in [1.165, 1.54) is 6.07 Å². The second-order valence-corrected chi connectivity index (χ2v) is 5.98. The molecule has 24 heavy (non-hydrogen) atoms. The zero-order chi connectivity index (χ0) is 17.5. The number of hydrogen-bond acceptors (Lipinski definition) is 3. The fourth-order valence-electron chi connectivity index (χ4n) is 2.86. The van der Waals surface area contributed by atoms with E-state index in [0.717, 1.165) is 19.0 Å². The number of rotatable bonds is 7. The maximum Gasteiger partial charge on any atom is 0.249 e. The van der Waals surface area contributed by atoms with E-state index in [-0.39, 0.29) is 17.9 Å². The van der Waals surface area contributed by atoms with E-state index in [0.29, 0.717) is 25.1 Å². The second-order valence-electron chi connectivity index (χ2n) is 5.98. The van der Waals surface area contributed by atoms with Gasteiger partial charge in [0, 0.05) is 18.5 Å². The van der Waals surface area contributed by atoms with Crippen LogP contribution in [0.3, 0.4) is 0 Å². The lowest BCUT2D eigenvalue weighted by atomic mass is 9.86. The molecule has 1 aromatic rings. The predicted octanol–water partition coefficient (Wildman–Crippen LogP) is 2.51. The topological polar surface area (TPSA) is 50.4 Å². The van der Waals surface area contributed by atoms with Gasteiger partial charge in [-0.05, 0) is 44.0 Å².